The van der Waals surface area contributed by atoms with Crippen LogP contribution in [0.4, 0.5) is 0 Å². The number of sulfone groups is 1. The van der Waals surface area contributed by atoms with Crippen molar-refractivity contribution in [2.45, 2.75) is 30.9 Å². The van der Waals surface area contributed by atoms with Crippen molar-refractivity contribution in [2.75, 3.05) is 5.75 Å². The molecule has 3 rings (SSSR count). The van der Waals surface area contributed by atoms with Gasteiger partial charge in [-0.3, -0.25) is 4.79 Å². The molecule has 0 radical (unpaired) electrons. The Bertz CT molecular complexity index is 716. The zero-order valence-electron chi connectivity index (χ0n) is 10.9. The van der Waals surface area contributed by atoms with Gasteiger partial charge in [0.15, 0.2) is 15.6 Å². The Balaban J connectivity index is 1.81. The summed E-state index contributed by atoms with van der Waals surface area (Å²) in [5.74, 6) is -0.0627. The Hall–Kier alpha value is -1.27. The van der Waals surface area contributed by atoms with E-state index in [4.69, 9.17) is 0 Å². The minimum atomic E-state index is -3.25. The van der Waals surface area contributed by atoms with Gasteiger partial charge in [-0.2, -0.15) is 0 Å². The third-order valence-electron chi connectivity index (χ3n) is 3.60. The third-order valence-corrected chi connectivity index (χ3v) is 6.86. The molecule has 0 N–H and O–H groups in total. The van der Waals surface area contributed by atoms with Crippen molar-refractivity contribution in [2.24, 2.45) is 0 Å². The van der Waals surface area contributed by atoms with Gasteiger partial charge in [-0.15, -0.1) is 11.3 Å². The Morgan fingerprint density at radius 3 is 2.85 bits per heavy atom. The number of fused-ring (bicyclic) bond motifs is 1. The molecule has 2 heterocycles. The molecule has 1 aliphatic heterocycles. The van der Waals surface area contributed by atoms with E-state index in [2.05, 4.69) is 4.98 Å². The van der Waals surface area contributed by atoms with Gasteiger partial charge in [0.1, 0.15) is 10.3 Å². The number of nitrogens with zero attached hydrogens (tertiary/aromatic N) is 1. The van der Waals surface area contributed by atoms with Crippen LogP contribution < -0.4 is 0 Å². The van der Waals surface area contributed by atoms with E-state index in [1.54, 1.807) is 0 Å². The van der Waals surface area contributed by atoms with Crippen LogP contribution in [-0.4, -0.2) is 30.2 Å². The van der Waals surface area contributed by atoms with E-state index in [-0.39, 0.29) is 18.0 Å². The van der Waals surface area contributed by atoms with E-state index >= 15 is 0 Å². The molecule has 106 valence electrons. The van der Waals surface area contributed by atoms with Gasteiger partial charge in [0, 0.05) is 0 Å². The van der Waals surface area contributed by atoms with Gasteiger partial charge in [-0.05, 0) is 25.0 Å². The number of benzene rings is 1. The lowest BCUT2D eigenvalue weighted by molar-refractivity contribution is -0.118. The van der Waals surface area contributed by atoms with Gasteiger partial charge in [0.05, 0.1) is 22.4 Å². The normalized spacial score (nSPS) is 21.9. The van der Waals surface area contributed by atoms with Crippen molar-refractivity contribution >= 4 is 37.2 Å². The number of para-hydroxylation sites is 1. The van der Waals surface area contributed by atoms with Crippen molar-refractivity contribution in [3.63, 3.8) is 0 Å². The molecule has 1 saturated heterocycles. The maximum Gasteiger partial charge on any atom is 0.160 e. The molecule has 1 aromatic heterocycles. The van der Waals surface area contributed by atoms with Crippen LogP contribution in [0.5, 0.6) is 0 Å². The number of ketones is 1. The number of rotatable bonds is 3. The average Bonchev–Trinajstić information content (AvgIpc) is 2.80. The summed E-state index contributed by atoms with van der Waals surface area (Å²) in [5, 5.41) is -0.111. The maximum absolute atomic E-state index is 12.2. The van der Waals surface area contributed by atoms with Crippen LogP contribution in [0.25, 0.3) is 10.2 Å². The van der Waals surface area contributed by atoms with E-state index < -0.39 is 15.1 Å². The number of hydrogen-bond acceptors (Lipinski definition) is 5. The summed E-state index contributed by atoms with van der Waals surface area (Å²) in [6.45, 7) is 0. The average molecular weight is 309 g/mol. The molecular formula is C14H15NO3S2. The molecule has 1 aromatic carbocycles. The van der Waals surface area contributed by atoms with E-state index in [1.807, 2.05) is 24.3 Å². The van der Waals surface area contributed by atoms with Crippen LogP contribution in [0.1, 0.15) is 24.3 Å². The van der Waals surface area contributed by atoms with Gasteiger partial charge < -0.3 is 0 Å². The van der Waals surface area contributed by atoms with Gasteiger partial charge in [-0.25, -0.2) is 13.4 Å². The second-order valence-corrected chi connectivity index (χ2v) is 8.49. The standard InChI is InChI=1S/C14H15NO3S2/c16-11(13-7-3-4-8-20(13,17)18)9-14-15-10-5-1-2-6-12(10)19-14/h1-2,5-6,13H,3-4,7-9H2. The minimum absolute atomic E-state index is 0.128. The van der Waals surface area contributed by atoms with Gasteiger partial charge >= 0.3 is 0 Å². The largest absolute Gasteiger partial charge is 0.298 e. The Morgan fingerprint density at radius 2 is 2.10 bits per heavy atom. The first-order valence-corrected chi connectivity index (χ1v) is 9.18. The van der Waals surface area contributed by atoms with Crippen LogP contribution >= 0.6 is 11.3 Å². The molecule has 0 aliphatic carbocycles. The van der Waals surface area contributed by atoms with Gasteiger partial charge in [0.2, 0.25) is 0 Å². The van der Waals surface area contributed by atoms with E-state index in [0.717, 1.165) is 16.6 Å². The zero-order valence-corrected chi connectivity index (χ0v) is 12.5. The molecule has 1 fully saturated rings. The number of thiazole rings is 1. The molecule has 1 atom stereocenters. The molecule has 4 nitrogen and oxygen atoms in total. The molecule has 1 unspecified atom stereocenters. The van der Waals surface area contributed by atoms with Crippen molar-refractivity contribution < 1.29 is 13.2 Å². The fourth-order valence-corrected chi connectivity index (χ4v) is 5.45. The summed E-state index contributed by atoms with van der Waals surface area (Å²) in [4.78, 5) is 16.6. The van der Waals surface area contributed by atoms with Crippen molar-refractivity contribution in [3.8, 4) is 0 Å². The smallest absolute Gasteiger partial charge is 0.160 e. The summed E-state index contributed by atoms with van der Waals surface area (Å²) in [6, 6.07) is 7.69. The highest BCUT2D eigenvalue weighted by Crippen LogP contribution is 2.25. The van der Waals surface area contributed by atoms with Crippen molar-refractivity contribution in [3.05, 3.63) is 29.3 Å². The first-order valence-electron chi connectivity index (χ1n) is 6.65. The van der Waals surface area contributed by atoms with Gasteiger partial charge in [-0.1, -0.05) is 18.6 Å². The van der Waals surface area contributed by atoms with E-state index in [1.165, 1.54) is 11.3 Å². The van der Waals surface area contributed by atoms with Crippen LogP contribution in [0.2, 0.25) is 0 Å². The summed E-state index contributed by atoms with van der Waals surface area (Å²) in [5.41, 5.74) is 0.867. The summed E-state index contributed by atoms with van der Waals surface area (Å²) < 4.78 is 24.9. The monoisotopic (exact) mass is 309 g/mol. The topological polar surface area (TPSA) is 64.1 Å². The SMILES string of the molecule is O=C(Cc1nc2ccccc2s1)C1CCCCS1(=O)=O. The first kappa shape index (κ1) is 13.7. The molecule has 0 saturated carbocycles. The van der Waals surface area contributed by atoms with Crippen LogP contribution in [0, 0.1) is 0 Å². The molecule has 2 aromatic rings. The van der Waals surface area contributed by atoms with Gasteiger partial charge in [0.25, 0.3) is 0 Å². The zero-order chi connectivity index (χ0) is 14.2. The molecule has 0 spiro atoms. The first-order chi connectivity index (χ1) is 9.56. The lowest BCUT2D eigenvalue weighted by Crippen LogP contribution is -2.36. The molecule has 6 heteroatoms. The Labute approximate surface area is 121 Å². The highest BCUT2D eigenvalue weighted by Gasteiger charge is 2.34. The second kappa shape index (κ2) is 5.26. The van der Waals surface area contributed by atoms with Crippen LogP contribution in [0.15, 0.2) is 24.3 Å². The highest BCUT2D eigenvalue weighted by molar-refractivity contribution is 7.92. The van der Waals surface area contributed by atoms with Crippen LogP contribution in [-0.2, 0) is 21.1 Å². The molecule has 1 aliphatic rings. The lowest BCUT2D eigenvalue weighted by atomic mass is 10.1. The maximum atomic E-state index is 12.2. The predicted molar refractivity (Wildman–Crippen MR) is 79.8 cm³/mol. The quantitative estimate of drug-likeness (QED) is 0.873. The Morgan fingerprint density at radius 1 is 1.30 bits per heavy atom. The minimum Gasteiger partial charge on any atom is -0.298 e. The number of aromatic nitrogens is 1. The van der Waals surface area contributed by atoms with E-state index in [9.17, 15) is 13.2 Å². The summed E-state index contributed by atoms with van der Waals surface area (Å²) in [7, 11) is -3.25. The second-order valence-electron chi connectivity index (χ2n) is 5.07. The molecule has 20 heavy (non-hydrogen) atoms. The Kier molecular flexibility index (Phi) is 3.60. The highest BCUT2D eigenvalue weighted by atomic mass is 32.2. The van der Waals surface area contributed by atoms with E-state index in [0.29, 0.717) is 17.8 Å². The number of carbonyl (C=O) groups is 1. The fraction of sp³-hybridized carbons (Fsp3) is 0.429. The molecular weight excluding hydrogens is 294 g/mol. The number of hydrogen-bond donors (Lipinski definition) is 0. The predicted octanol–water partition coefficient (Wildman–Crippen LogP) is 2.38. The number of carbonyl (C=O) groups excluding carboxylic acids is 1. The fourth-order valence-electron chi connectivity index (χ4n) is 2.57. The third kappa shape index (κ3) is 2.62. The summed E-state index contributed by atoms with van der Waals surface area (Å²) in [6.07, 6.45) is 2.08. The lowest BCUT2D eigenvalue weighted by Gasteiger charge is -2.20. The van der Waals surface area contributed by atoms with Crippen molar-refractivity contribution in [1.29, 1.82) is 0 Å². The van der Waals surface area contributed by atoms with Crippen LogP contribution in [0.3, 0.4) is 0 Å². The molecule has 0 amide bonds. The summed E-state index contributed by atoms with van der Waals surface area (Å²) >= 11 is 1.46. The number of Topliss-reactive ketones (excluding diaryl/α,β-unsaturated/α-hetero) is 1. The van der Waals surface area contributed by atoms with Crippen molar-refractivity contribution in [1.82, 2.24) is 4.98 Å². The molecule has 0 bridgehead atoms.